The number of nitriles is 1. The van der Waals surface area contributed by atoms with Crippen molar-refractivity contribution in [2.24, 2.45) is 0 Å². The van der Waals surface area contributed by atoms with E-state index in [0.717, 1.165) is 18.4 Å². The van der Waals surface area contributed by atoms with Crippen LogP contribution in [0.2, 0.25) is 5.02 Å². The molecule has 202 valence electrons. The molecule has 0 aromatic heterocycles. The predicted octanol–water partition coefficient (Wildman–Crippen LogP) is 5.10. The smallest absolute Gasteiger partial charge is 0.319 e. The zero-order chi connectivity index (χ0) is 27.8. The van der Waals surface area contributed by atoms with Crippen molar-refractivity contribution in [2.75, 3.05) is 31.6 Å². The number of nitrogens with zero attached hydrogens (tertiary/aromatic N) is 2. The Morgan fingerprint density at radius 1 is 1.13 bits per heavy atom. The molecule has 0 bridgehead atoms. The van der Waals surface area contributed by atoms with Crippen LogP contribution in [-0.4, -0.2) is 54.3 Å². The topological polar surface area (TPSA) is 115 Å². The highest BCUT2D eigenvalue weighted by molar-refractivity contribution is 6.32. The summed E-state index contributed by atoms with van der Waals surface area (Å²) >= 11 is 6.04. The Labute approximate surface area is 233 Å². The molecule has 3 aromatic carbocycles. The molecule has 3 N–H and O–H groups in total. The van der Waals surface area contributed by atoms with Gasteiger partial charge >= 0.3 is 6.03 Å². The van der Waals surface area contributed by atoms with Crippen molar-refractivity contribution in [1.29, 1.82) is 5.26 Å². The van der Waals surface area contributed by atoms with Gasteiger partial charge in [0, 0.05) is 30.9 Å². The van der Waals surface area contributed by atoms with Crippen LogP contribution in [0.5, 0.6) is 5.75 Å². The summed E-state index contributed by atoms with van der Waals surface area (Å²) in [5.74, 6) is 0.730. The number of hydrogen-bond donors (Lipinski definition) is 3. The van der Waals surface area contributed by atoms with Crippen LogP contribution < -0.4 is 15.4 Å². The van der Waals surface area contributed by atoms with Crippen molar-refractivity contribution in [1.82, 2.24) is 10.2 Å². The van der Waals surface area contributed by atoms with E-state index in [0.29, 0.717) is 46.6 Å². The maximum Gasteiger partial charge on any atom is 0.319 e. The number of aliphatic hydroxyl groups excluding tert-OH is 1. The molecule has 3 aromatic rings. The van der Waals surface area contributed by atoms with Crippen molar-refractivity contribution in [2.45, 2.75) is 31.8 Å². The first-order valence-corrected chi connectivity index (χ1v) is 13.2. The summed E-state index contributed by atoms with van der Waals surface area (Å²) in [7, 11) is 0. The van der Waals surface area contributed by atoms with E-state index in [-0.39, 0.29) is 19.1 Å². The SMILES string of the molecule is Cc1ccc(C(=O)N2CCC(c3ccc(C#N)cc3)CC2)cc1NC(=O)NCC(O)COc1ccccc1Cl. The molecule has 1 saturated heterocycles. The van der Waals surface area contributed by atoms with Gasteiger partial charge in [0.05, 0.1) is 16.7 Å². The van der Waals surface area contributed by atoms with E-state index in [4.69, 9.17) is 21.6 Å². The molecule has 1 heterocycles. The molecule has 0 aliphatic carbocycles. The van der Waals surface area contributed by atoms with Crippen LogP contribution in [0.1, 0.15) is 45.8 Å². The molecule has 1 unspecified atom stereocenters. The summed E-state index contributed by atoms with van der Waals surface area (Å²) in [5.41, 5.74) is 3.66. The van der Waals surface area contributed by atoms with Gasteiger partial charge in [-0.25, -0.2) is 4.79 Å². The first-order chi connectivity index (χ1) is 18.8. The quantitative estimate of drug-likeness (QED) is 0.363. The Hall–Kier alpha value is -4.06. The van der Waals surface area contributed by atoms with E-state index in [1.165, 1.54) is 5.56 Å². The summed E-state index contributed by atoms with van der Waals surface area (Å²) in [4.78, 5) is 27.5. The highest BCUT2D eigenvalue weighted by atomic mass is 35.5. The van der Waals surface area contributed by atoms with Crippen LogP contribution >= 0.6 is 11.6 Å². The number of aryl methyl sites for hydroxylation is 1. The molecular weight excluding hydrogens is 516 g/mol. The molecule has 0 radical (unpaired) electrons. The number of amides is 3. The average Bonchev–Trinajstić information content (AvgIpc) is 2.96. The number of urea groups is 1. The molecule has 4 rings (SSSR count). The highest BCUT2D eigenvalue weighted by Crippen LogP contribution is 2.29. The minimum atomic E-state index is -0.937. The van der Waals surface area contributed by atoms with Crippen molar-refractivity contribution < 1.29 is 19.4 Å². The van der Waals surface area contributed by atoms with E-state index in [1.54, 1.807) is 42.5 Å². The molecule has 8 nitrogen and oxygen atoms in total. The standard InChI is InChI=1S/C30H31ClN4O4/c1-20-6-9-24(29(37)35-14-12-23(13-15-35)22-10-7-21(17-32)8-11-22)16-27(20)34-30(38)33-18-25(36)19-39-28-5-3-2-4-26(28)31/h2-11,16,23,25,36H,12-15,18-19H2,1H3,(H2,33,34,38). The number of nitrogens with one attached hydrogen (secondary N) is 2. The number of carbonyl (C=O) groups excluding carboxylic acids is 2. The van der Waals surface area contributed by atoms with Crippen LogP contribution in [0.25, 0.3) is 0 Å². The molecule has 0 saturated carbocycles. The number of carbonyl (C=O) groups is 2. The lowest BCUT2D eigenvalue weighted by molar-refractivity contribution is 0.0713. The van der Waals surface area contributed by atoms with Gasteiger partial charge in [0.1, 0.15) is 18.5 Å². The van der Waals surface area contributed by atoms with E-state index >= 15 is 0 Å². The number of hydrogen-bond acceptors (Lipinski definition) is 5. The lowest BCUT2D eigenvalue weighted by atomic mass is 9.89. The number of anilines is 1. The van der Waals surface area contributed by atoms with Gasteiger partial charge in [0.15, 0.2) is 0 Å². The third kappa shape index (κ3) is 7.50. The molecule has 39 heavy (non-hydrogen) atoms. The normalized spacial score (nSPS) is 14.3. The van der Waals surface area contributed by atoms with Crippen LogP contribution in [0.3, 0.4) is 0 Å². The molecule has 3 amide bonds. The molecule has 1 fully saturated rings. The number of aliphatic hydroxyl groups is 1. The fourth-order valence-corrected chi connectivity index (χ4v) is 4.69. The molecule has 1 aliphatic rings. The number of ether oxygens (including phenoxy) is 1. The summed E-state index contributed by atoms with van der Waals surface area (Å²) in [6.07, 6.45) is 0.757. The Balaban J connectivity index is 1.27. The third-order valence-electron chi connectivity index (χ3n) is 6.79. The number of likely N-dealkylation sites (tertiary alicyclic amines) is 1. The first kappa shape index (κ1) is 28.0. The van der Waals surface area contributed by atoms with Gasteiger partial charge in [-0.05, 0) is 73.2 Å². The van der Waals surface area contributed by atoms with Crippen molar-refractivity contribution in [3.05, 3.63) is 94.0 Å². The Bertz CT molecular complexity index is 1350. The van der Waals surface area contributed by atoms with Crippen molar-refractivity contribution >= 4 is 29.2 Å². The van der Waals surface area contributed by atoms with E-state index < -0.39 is 12.1 Å². The van der Waals surface area contributed by atoms with Gasteiger partial charge in [-0.15, -0.1) is 0 Å². The number of piperidine rings is 1. The molecule has 9 heteroatoms. The Morgan fingerprint density at radius 2 is 1.85 bits per heavy atom. The predicted molar refractivity (Wildman–Crippen MR) is 150 cm³/mol. The summed E-state index contributed by atoms with van der Waals surface area (Å²) in [6.45, 7) is 3.06. The monoisotopic (exact) mass is 546 g/mol. The molecule has 0 spiro atoms. The van der Waals surface area contributed by atoms with Crippen LogP contribution in [-0.2, 0) is 0 Å². The maximum absolute atomic E-state index is 13.2. The second kappa shape index (κ2) is 13.1. The van der Waals surface area contributed by atoms with E-state index in [9.17, 15) is 14.7 Å². The van der Waals surface area contributed by atoms with Gasteiger partial charge in [-0.2, -0.15) is 5.26 Å². The largest absolute Gasteiger partial charge is 0.489 e. The van der Waals surface area contributed by atoms with E-state index in [2.05, 4.69) is 16.7 Å². The molecular formula is C30H31ClN4O4. The van der Waals surface area contributed by atoms with Gasteiger partial charge in [0.25, 0.3) is 5.91 Å². The number of rotatable bonds is 8. The fourth-order valence-electron chi connectivity index (χ4n) is 4.50. The summed E-state index contributed by atoms with van der Waals surface area (Å²) < 4.78 is 5.50. The van der Waals surface area contributed by atoms with Crippen LogP contribution in [0.4, 0.5) is 10.5 Å². The zero-order valence-corrected chi connectivity index (χ0v) is 22.4. The number of halogens is 1. The second-order valence-corrected chi connectivity index (χ2v) is 9.97. The highest BCUT2D eigenvalue weighted by Gasteiger charge is 2.25. The van der Waals surface area contributed by atoms with Crippen molar-refractivity contribution in [3.63, 3.8) is 0 Å². The molecule has 1 atom stereocenters. The van der Waals surface area contributed by atoms with Gasteiger partial charge in [0.2, 0.25) is 0 Å². The zero-order valence-electron chi connectivity index (χ0n) is 21.7. The lowest BCUT2D eigenvalue weighted by Gasteiger charge is -2.32. The van der Waals surface area contributed by atoms with Gasteiger partial charge < -0.3 is 25.4 Å². The van der Waals surface area contributed by atoms with Crippen LogP contribution in [0, 0.1) is 18.3 Å². The van der Waals surface area contributed by atoms with Gasteiger partial charge in [-0.1, -0.05) is 41.9 Å². The first-order valence-electron chi connectivity index (χ1n) is 12.8. The average molecular weight is 547 g/mol. The number of benzene rings is 3. The van der Waals surface area contributed by atoms with E-state index in [1.807, 2.05) is 36.1 Å². The third-order valence-corrected chi connectivity index (χ3v) is 7.10. The lowest BCUT2D eigenvalue weighted by Crippen LogP contribution is -2.38. The fraction of sp³-hybridized carbons (Fsp3) is 0.300. The Morgan fingerprint density at radius 3 is 2.54 bits per heavy atom. The second-order valence-electron chi connectivity index (χ2n) is 9.56. The summed E-state index contributed by atoms with van der Waals surface area (Å²) in [6, 6.07) is 21.5. The molecule has 1 aliphatic heterocycles. The Kier molecular flexibility index (Phi) is 9.42. The van der Waals surface area contributed by atoms with Crippen LogP contribution in [0.15, 0.2) is 66.7 Å². The van der Waals surface area contributed by atoms with Gasteiger partial charge in [-0.3, -0.25) is 4.79 Å². The number of para-hydroxylation sites is 1. The maximum atomic E-state index is 13.2. The van der Waals surface area contributed by atoms with Crippen molar-refractivity contribution in [3.8, 4) is 11.8 Å². The minimum absolute atomic E-state index is 0.0257. The summed E-state index contributed by atoms with van der Waals surface area (Å²) in [5, 5.41) is 25.0. The minimum Gasteiger partial charge on any atom is -0.489 e.